The average molecular weight is 287 g/mol. The van der Waals surface area contributed by atoms with Gasteiger partial charge in [-0.3, -0.25) is 14.5 Å². The average Bonchev–Trinajstić information content (AvgIpc) is 2.88. The number of anilines is 1. The van der Waals surface area contributed by atoms with E-state index in [2.05, 4.69) is 27.6 Å². The van der Waals surface area contributed by atoms with E-state index in [1.54, 1.807) is 17.1 Å². The molecule has 6 nitrogen and oxygen atoms in total. The number of rotatable bonds is 6. The Morgan fingerprint density at radius 3 is 2.86 bits per heavy atom. The first-order valence-corrected chi connectivity index (χ1v) is 7.06. The van der Waals surface area contributed by atoms with Crippen molar-refractivity contribution in [3.8, 4) is 0 Å². The number of amides is 1. The second-order valence-corrected chi connectivity index (χ2v) is 5.00. The molecule has 21 heavy (non-hydrogen) atoms. The summed E-state index contributed by atoms with van der Waals surface area (Å²) in [4.78, 5) is 16.5. The van der Waals surface area contributed by atoms with Gasteiger partial charge in [-0.15, -0.1) is 0 Å². The first-order valence-electron chi connectivity index (χ1n) is 7.06. The molecule has 0 aliphatic carbocycles. The van der Waals surface area contributed by atoms with Gasteiger partial charge in [-0.2, -0.15) is 5.10 Å². The molecule has 2 aromatic heterocycles. The van der Waals surface area contributed by atoms with Gasteiger partial charge in [0.2, 0.25) is 0 Å². The van der Waals surface area contributed by atoms with E-state index in [-0.39, 0.29) is 5.91 Å². The highest BCUT2D eigenvalue weighted by Crippen LogP contribution is 2.16. The van der Waals surface area contributed by atoms with Gasteiger partial charge >= 0.3 is 0 Å². The summed E-state index contributed by atoms with van der Waals surface area (Å²) >= 11 is 0. The number of nitrogens with zero attached hydrogens (tertiary/aromatic N) is 3. The fraction of sp³-hybridized carbons (Fsp3) is 0.400. The van der Waals surface area contributed by atoms with E-state index in [0.717, 1.165) is 29.9 Å². The molecule has 0 bridgehead atoms. The normalized spacial score (nSPS) is 10.4. The molecule has 0 fully saturated rings. The Labute approximate surface area is 124 Å². The largest absolute Gasteiger partial charge is 0.384 e. The van der Waals surface area contributed by atoms with E-state index in [4.69, 9.17) is 0 Å². The maximum Gasteiger partial charge on any atom is 0.255 e. The lowest BCUT2D eigenvalue weighted by atomic mass is 10.2. The molecule has 0 radical (unpaired) electrons. The fourth-order valence-electron chi connectivity index (χ4n) is 1.99. The molecule has 112 valence electrons. The van der Waals surface area contributed by atoms with E-state index < -0.39 is 0 Å². The van der Waals surface area contributed by atoms with Gasteiger partial charge in [0.1, 0.15) is 0 Å². The molecule has 0 atom stereocenters. The van der Waals surface area contributed by atoms with Crippen LogP contribution in [0.15, 0.2) is 24.7 Å². The summed E-state index contributed by atoms with van der Waals surface area (Å²) in [6, 6.07) is 1.90. The van der Waals surface area contributed by atoms with Crippen molar-refractivity contribution in [1.82, 2.24) is 20.1 Å². The predicted molar refractivity (Wildman–Crippen MR) is 82.1 cm³/mol. The molecule has 2 N–H and O–H groups in total. The van der Waals surface area contributed by atoms with Gasteiger partial charge in [0.15, 0.2) is 0 Å². The monoisotopic (exact) mass is 287 g/mol. The van der Waals surface area contributed by atoms with Crippen LogP contribution in [0, 0.1) is 6.92 Å². The first-order chi connectivity index (χ1) is 10.1. The van der Waals surface area contributed by atoms with E-state index in [0.29, 0.717) is 12.1 Å². The van der Waals surface area contributed by atoms with Crippen molar-refractivity contribution in [3.63, 3.8) is 0 Å². The van der Waals surface area contributed by atoms with Crippen LogP contribution < -0.4 is 10.6 Å². The van der Waals surface area contributed by atoms with Crippen LogP contribution in [0.4, 0.5) is 5.69 Å². The molecule has 0 saturated heterocycles. The van der Waals surface area contributed by atoms with Gasteiger partial charge in [-0.25, -0.2) is 0 Å². The van der Waals surface area contributed by atoms with Crippen LogP contribution >= 0.6 is 0 Å². The molecule has 0 unspecified atom stereocenters. The lowest BCUT2D eigenvalue weighted by Gasteiger charge is -2.12. The molecule has 0 aromatic carbocycles. The highest BCUT2D eigenvalue weighted by Gasteiger charge is 2.12. The number of carbonyl (C=O) groups excluding carboxylic acids is 1. The summed E-state index contributed by atoms with van der Waals surface area (Å²) in [6.45, 7) is 5.28. The number of hydrogen-bond acceptors (Lipinski definition) is 4. The van der Waals surface area contributed by atoms with E-state index in [9.17, 15) is 4.79 Å². The second kappa shape index (κ2) is 6.88. The minimum absolute atomic E-state index is 0.134. The standard InChI is InChI=1S/C15H21N5O/c1-4-5-16-14-6-11(2)17-9-13(14)15(21)18-7-12-8-19-20(3)10-12/h6,8-10H,4-5,7H2,1-3H3,(H,16,17)(H,18,21). The maximum atomic E-state index is 12.3. The molecule has 2 aromatic rings. The Balaban J connectivity index is 2.07. The molecule has 0 aliphatic rings. The zero-order chi connectivity index (χ0) is 15.2. The van der Waals surface area contributed by atoms with Crippen molar-refractivity contribution in [2.75, 3.05) is 11.9 Å². The van der Waals surface area contributed by atoms with Crippen LogP contribution in [0.3, 0.4) is 0 Å². The van der Waals surface area contributed by atoms with Gasteiger partial charge < -0.3 is 10.6 Å². The van der Waals surface area contributed by atoms with Crippen LogP contribution in [0.2, 0.25) is 0 Å². The van der Waals surface area contributed by atoms with E-state index in [1.165, 1.54) is 0 Å². The summed E-state index contributed by atoms with van der Waals surface area (Å²) < 4.78 is 1.71. The number of aromatic nitrogens is 3. The summed E-state index contributed by atoms with van der Waals surface area (Å²) in [5.41, 5.74) is 3.25. The molecule has 0 aliphatic heterocycles. The van der Waals surface area contributed by atoms with Crippen LogP contribution in [0.1, 0.15) is 35.0 Å². The van der Waals surface area contributed by atoms with Crippen molar-refractivity contribution >= 4 is 11.6 Å². The predicted octanol–water partition coefficient (Wildman–Crippen LogP) is 1.88. The lowest BCUT2D eigenvalue weighted by molar-refractivity contribution is 0.0951. The minimum atomic E-state index is -0.134. The number of aryl methyl sites for hydroxylation is 2. The van der Waals surface area contributed by atoms with Gasteiger partial charge in [0.25, 0.3) is 5.91 Å². The van der Waals surface area contributed by atoms with Crippen LogP contribution in [-0.2, 0) is 13.6 Å². The topological polar surface area (TPSA) is 71.8 Å². The molecule has 6 heteroatoms. The quantitative estimate of drug-likeness (QED) is 0.851. The molecular weight excluding hydrogens is 266 g/mol. The Kier molecular flexibility index (Phi) is 4.92. The van der Waals surface area contributed by atoms with Crippen molar-refractivity contribution in [2.45, 2.75) is 26.8 Å². The van der Waals surface area contributed by atoms with Gasteiger partial charge in [0.05, 0.1) is 17.4 Å². The Hall–Kier alpha value is -2.37. The zero-order valence-corrected chi connectivity index (χ0v) is 12.7. The third-order valence-electron chi connectivity index (χ3n) is 3.06. The van der Waals surface area contributed by atoms with Crippen LogP contribution in [0.5, 0.6) is 0 Å². The minimum Gasteiger partial charge on any atom is -0.384 e. The molecule has 2 rings (SSSR count). The number of carbonyl (C=O) groups is 1. The highest BCUT2D eigenvalue weighted by atomic mass is 16.1. The fourth-order valence-corrected chi connectivity index (χ4v) is 1.99. The number of pyridine rings is 1. The van der Waals surface area contributed by atoms with Crippen molar-refractivity contribution in [1.29, 1.82) is 0 Å². The molecular formula is C15H21N5O. The maximum absolute atomic E-state index is 12.3. The molecule has 0 spiro atoms. The Morgan fingerprint density at radius 2 is 2.19 bits per heavy atom. The molecule has 0 saturated carbocycles. The highest BCUT2D eigenvalue weighted by molar-refractivity contribution is 5.99. The van der Waals surface area contributed by atoms with Gasteiger partial charge in [0, 0.05) is 43.8 Å². The smallest absolute Gasteiger partial charge is 0.255 e. The Bertz CT molecular complexity index is 620. The SMILES string of the molecule is CCCNc1cc(C)ncc1C(=O)NCc1cnn(C)c1. The third kappa shape index (κ3) is 4.05. The molecule has 2 heterocycles. The summed E-state index contributed by atoms with van der Waals surface area (Å²) in [5, 5.41) is 10.2. The third-order valence-corrected chi connectivity index (χ3v) is 3.06. The van der Waals surface area contributed by atoms with Crippen LogP contribution in [-0.4, -0.2) is 27.2 Å². The molecule has 1 amide bonds. The van der Waals surface area contributed by atoms with Crippen molar-refractivity contribution in [2.24, 2.45) is 7.05 Å². The van der Waals surface area contributed by atoms with E-state index >= 15 is 0 Å². The first kappa shape index (κ1) is 15.0. The zero-order valence-electron chi connectivity index (χ0n) is 12.7. The second-order valence-electron chi connectivity index (χ2n) is 5.00. The summed E-state index contributed by atoms with van der Waals surface area (Å²) in [5.74, 6) is -0.134. The number of nitrogens with one attached hydrogen (secondary N) is 2. The number of hydrogen-bond donors (Lipinski definition) is 2. The van der Waals surface area contributed by atoms with Crippen molar-refractivity contribution < 1.29 is 4.79 Å². The summed E-state index contributed by atoms with van der Waals surface area (Å²) in [6.07, 6.45) is 6.23. The lowest BCUT2D eigenvalue weighted by Crippen LogP contribution is -2.24. The van der Waals surface area contributed by atoms with Gasteiger partial charge in [-0.1, -0.05) is 6.92 Å². The Morgan fingerprint density at radius 1 is 1.38 bits per heavy atom. The van der Waals surface area contributed by atoms with Crippen LogP contribution in [0.25, 0.3) is 0 Å². The summed E-state index contributed by atoms with van der Waals surface area (Å²) in [7, 11) is 1.85. The van der Waals surface area contributed by atoms with Crippen molar-refractivity contribution in [3.05, 3.63) is 41.5 Å². The van der Waals surface area contributed by atoms with Gasteiger partial charge in [-0.05, 0) is 19.4 Å². The van der Waals surface area contributed by atoms with E-state index in [1.807, 2.05) is 26.2 Å².